The van der Waals surface area contributed by atoms with Crippen LogP contribution >= 0.6 is 24.0 Å². The average Bonchev–Trinajstić information content (AvgIpc) is 2.40. The second kappa shape index (κ2) is 8.46. The molecule has 20 heavy (non-hydrogen) atoms. The lowest BCUT2D eigenvalue weighted by molar-refractivity contribution is 0.152. The molecule has 0 amide bonds. The van der Waals surface area contributed by atoms with E-state index in [0.29, 0.717) is 12.6 Å². The van der Waals surface area contributed by atoms with Gasteiger partial charge in [0.2, 0.25) is 0 Å². The first-order valence-electron chi connectivity index (χ1n) is 7.02. The zero-order valence-electron chi connectivity index (χ0n) is 12.1. The van der Waals surface area contributed by atoms with Crippen LogP contribution in [0.5, 0.6) is 0 Å². The average molecular weight is 388 g/mol. The summed E-state index contributed by atoms with van der Waals surface area (Å²) in [6.45, 7) is 5.15. The predicted molar refractivity (Wildman–Crippen MR) is 95.1 cm³/mol. The van der Waals surface area contributed by atoms with Crippen LogP contribution < -0.4 is 11.5 Å². The number of halogens is 1. The highest BCUT2D eigenvalue weighted by molar-refractivity contribution is 14.0. The fourth-order valence-electron chi connectivity index (χ4n) is 2.56. The number of guanidine groups is 1. The van der Waals surface area contributed by atoms with E-state index in [0.717, 1.165) is 12.1 Å². The summed E-state index contributed by atoms with van der Waals surface area (Å²) in [6, 6.07) is 9.28. The molecule has 1 aromatic carbocycles. The van der Waals surface area contributed by atoms with E-state index in [1.165, 1.54) is 31.4 Å². The van der Waals surface area contributed by atoms with E-state index in [2.05, 4.69) is 41.1 Å². The fourth-order valence-corrected chi connectivity index (χ4v) is 2.56. The van der Waals surface area contributed by atoms with Crippen LogP contribution in [-0.2, 0) is 13.1 Å². The number of nitrogens with two attached hydrogens (primary N) is 2. The largest absolute Gasteiger partial charge is 0.370 e. The zero-order chi connectivity index (χ0) is 13.7. The lowest BCUT2D eigenvalue weighted by Crippen LogP contribution is -2.36. The van der Waals surface area contributed by atoms with Crippen molar-refractivity contribution in [2.45, 2.75) is 45.3 Å². The van der Waals surface area contributed by atoms with Crippen LogP contribution in [0.25, 0.3) is 0 Å². The second-order valence-corrected chi connectivity index (χ2v) is 5.37. The molecular formula is C15H25IN4. The van der Waals surface area contributed by atoms with Crippen molar-refractivity contribution in [2.75, 3.05) is 6.54 Å². The summed E-state index contributed by atoms with van der Waals surface area (Å²) in [5.74, 6) is 0.145. The van der Waals surface area contributed by atoms with Gasteiger partial charge < -0.3 is 11.5 Å². The SMILES string of the molecule is CC1CCCCN1Cc1ccc(CN=C(N)N)cc1.I. The van der Waals surface area contributed by atoms with Crippen molar-refractivity contribution in [1.82, 2.24) is 4.90 Å². The van der Waals surface area contributed by atoms with Crippen LogP contribution in [0, 0.1) is 0 Å². The van der Waals surface area contributed by atoms with Gasteiger partial charge in [0.1, 0.15) is 0 Å². The summed E-state index contributed by atoms with van der Waals surface area (Å²) in [7, 11) is 0. The van der Waals surface area contributed by atoms with Gasteiger partial charge in [-0.15, -0.1) is 24.0 Å². The van der Waals surface area contributed by atoms with E-state index in [4.69, 9.17) is 11.5 Å². The molecule has 112 valence electrons. The Bertz CT molecular complexity index is 426. The molecule has 4 nitrogen and oxygen atoms in total. The Morgan fingerprint density at radius 3 is 2.45 bits per heavy atom. The molecular weight excluding hydrogens is 363 g/mol. The molecule has 1 heterocycles. The monoisotopic (exact) mass is 388 g/mol. The van der Waals surface area contributed by atoms with Crippen molar-refractivity contribution < 1.29 is 0 Å². The van der Waals surface area contributed by atoms with Crippen molar-refractivity contribution in [3.63, 3.8) is 0 Å². The van der Waals surface area contributed by atoms with Crippen LogP contribution in [-0.4, -0.2) is 23.4 Å². The topological polar surface area (TPSA) is 67.6 Å². The zero-order valence-corrected chi connectivity index (χ0v) is 14.4. The molecule has 0 saturated carbocycles. The maximum Gasteiger partial charge on any atom is 0.186 e. The minimum atomic E-state index is 0. The number of hydrogen-bond donors (Lipinski definition) is 2. The lowest BCUT2D eigenvalue weighted by Gasteiger charge is -2.33. The molecule has 0 radical (unpaired) electrons. The van der Waals surface area contributed by atoms with Gasteiger partial charge in [0.15, 0.2) is 5.96 Å². The highest BCUT2D eigenvalue weighted by Gasteiger charge is 2.17. The molecule has 0 bridgehead atoms. The number of rotatable bonds is 4. The Kier molecular flexibility index (Phi) is 7.29. The van der Waals surface area contributed by atoms with Crippen molar-refractivity contribution >= 4 is 29.9 Å². The third kappa shape index (κ3) is 5.28. The molecule has 1 unspecified atom stereocenters. The summed E-state index contributed by atoms with van der Waals surface area (Å²) < 4.78 is 0. The second-order valence-electron chi connectivity index (χ2n) is 5.37. The highest BCUT2D eigenvalue weighted by atomic mass is 127. The fraction of sp³-hybridized carbons (Fsp3) is 0.533. The Morgan fingerprint density at radius 2 is 1.85 bits per heavy atom. The van der Waals surface area contributed by atoms with Gasteiger partial charge in [0, 0.05) is 12.6 Å². The summed E-state index contributed by atoms with van der Waals surface area (Å²) >= 11 is 0. The molecule has 0 spiro atoms. The van der Waals surface area contributed by atoms with Gasteiger partial charge in [-0.25, -0.2) is 4.99 Å². The van der Waals surface area contributed by atoms with Gasteiger partial charge in [-0.1, -0.05) is 30.7 Å². The lowest BCUT2D eigenvalue weighted by atomic mass is 10.0. The molecule has 0 aromatic heterocycles. The van der Waals surface area contributed by atoms with Crippen LogP contribution in [0.1, 0.15) is 37.3 Å². The smallest absolute Gasteiger partial charge is 0.186 e. The van der Waals surface area contributed by atoms with Crippen LogP contribution in [0.3, 0.4) is 0 Å². The quantitative estimate of drug-likeness (QED) is 0.473. The van der Waals surface area contributed by atoms with E-state index >= 15 is 0 Å². The molecule has 2 rings (SSSR count). The summed E-state index contributed by atoms with van der Waals surface area (Å²) in [4.78, 5) is 6.58. The Morgan fingerprint density at radius 1 is 1.20 bits per heavy atom. The van der Waals surface area contributed by atoms with E-state index < -0.39 is 0 Å². The normalized spacial score (nSPS) is 19.1. The molecule has 4 N–H and O–H groups in total. The molecule has 1 aromatic rings. The minimum Gasteiger partial charge on any atom is -0.370 e. The molecule has 0 aliphatic carbocycles. The van der Waals surface area contributed by atoms with Gasteiger partial charge in [0.25, 0.3) is 0 Å². The van der Waals surface area contributed by atoms with E-state index in [1.807, 2.05) is 0 Å². The summed E-state index contributed by atoms with van der Waals surface area (Å²) in [5, 5.41) is 0. The number of aliphatic imine (C=N–C) groups is 1. The minimum absolute atomic E-state index is 0. The summed E-state index contributed by atoms with van der Waals surface area (Å²) in [5.41, 5.74) is 13.2. The highest BCUT2D eigenvalue weighted by Crippen LogP contribution is 2.19. The number of nitrogens with zero attached hydrogens (tertiary/aromatic N) is 2. The van der Waals surface area contributed by atoms with Crippen LogP contribution in [0.2, 0.25) is 0 Å². The van der Waals surface area contributed by atoms with Crippen molar-refractivity contribution in [2.24, 2.45) is 16.5 Å². The molecule has 1 atom stereocenters. The van der Waals surface area contributed by atoms with Gasteiger partial charge in [-0.3, -0.25) is 4.90 Å². The maximum atomic E-state index is 5.33. The summed E-state index contributed by atoms with van der Waals surface area (Å²) in [6.07, 6.45) is 4.02. The number of benzene rings is 1. The van der Waals surface area contributed by atoms with E-state index in [-0.39, 0.29) is 29.9 Å². The van der Waals surface area contributed by atoms with Gasteiger partial charge >= 0.3 is 0 Å². The van der Waals surface area contributed by atoms with Crippen LogP contribution in [0.4, 0.5) is 0 Å². The molecule has 1 fully saturated rings. The van der Waals surface area contributed by atoms with Gasteiger partial charge in [-0.2, -0.15) is 0 Å². The molecule has 1 aliphatic rings. The first-order chi connectivity index (χ1) is 9.15. The third-order valence-corrected chi connectivity index (χ3v) is 3.79. The van der Waals surface area contributed by atoms with Gasteiger partial charge in [0.05, 0.1) is 6.54 Å². The number of likely N-dealkylation sites (tertiary alicyclic amines) is 1. The molecule has 1 saturated heterocycles. The first kappa shape index (κ1) is 17.2. The first-order valence-corrected chi connectivity index (χ1v) is 7.02. The standard InChI is InChI=1S/C15H24N4.HI/c1-12-4-2-3-9-19(12)11-14-7-5-13(6-8-14)10-18-15(16)17;/h5-8,12H,2-4,9-11H2,1H3,(H4,16,17,18);1H. The maximum absolute atomic E-state index is 5.33. The van der Waals surface area contributed by atoms with Crippen molar-refractivity contribution in [3.8, 4) is 0 Å². The van der Waals surface area contributed by atoms with E-state index in [9.17, 15) is 0 Å². The molecule has 5 heteroatoms. The Labute approximate surface area is 138 Å². The molecule has 1 aliphatic heterocycles. The Balaban J connectivity index is 0.00000200. The third-order valence-electron chi connectivity index (χ3n) is 3.79. The number of piperidine rings is 1. The van der Waals surface area contributed by atoms with E-state index in [1.54, 1.807) is 0 Å². The predicted octanol–water partition coefficient (Wildman–Crippen LogP) is 2.45. The number of hydrogen-bond acceptors (Lipinski definition) is 2. The van der Waals surface area contributed by atoms with Gasteiger partial charge in [-0.05, 0) is 37.4 Å². The van der Waals surface area contributed by atoms with Crippen molar-refractivity contribution in [1.29, 1.82) is 0 Å². The Hall–Kier alpha value is -0.820. The van der Waals surface area contributed by atoms with Crippen molar-refractivity contribution in [3.05, 3.63) is 35.4 Å². The van der Waals surface area contributed by atoms with Crippen LogP contribution in [0.15, 0.2) is 29.3 Å².